The maximum Gasteiger partial charge on any atom is 0.446 e. The summed E-state index contributed by atoms with van der Waals surface area (Å²) >= 11 is -0.0805. The Kier molecular flexibility index (Phi) is 3.83. The van der Waals surface area contributed by atoms with Crippen molar-refractivity contribution in [1.82, 2.24) is 0 Å². The van der Waals surface area contributed by atoms with Crippen LogP contribution in [0.1, 0.15) is 5.56 Å². The molecule has 0 fully saturated rings. The Morgan fingerprint density at radius 2 is 1.93 bits per heavy atom. The van der Waals surface area contributed by atoms with E-state index in [1.54, 1.807) is 23.5 Å². The van der Waals surface area contributed by atoms with Crippen molar-refractivity contribution in [2.75, 3.05) is 0 Å². The molecule has 0 aliphatic rings. The fourth-order valence-corrected chi connectivity index (χ4v) is 1.73. The molecule has 78 valence electrons. The van der Waals surface area contributed by atoms with Gasteiger partial charge < -0.3 is 5.32 Å². The van der Waals surface area contributed by atoms with Gasteiger partial charge in [0.05, 0.1) is 6.54 Å². The summed E-state index contributed by atoms with van der Waals surface area (Å²) < 4.78 is 36.3. The molecule has 0 aromatic heterocycles. The molecular formula is C9H10F3NS. The van der Waals surface area contributed by atoms with E-state index >= 15 is 0 Å². The minimum atomic E-state index is -4.22. The van der Waals surface area contributed by atoms with Gasteiger partial charge in [0.1, 0.15) is 0 Å². The summed E-state index contributed by atoms with van der Waals surface area (Å²) in [6.07, 6.45) is 0. The van der Waals surface area contributed by atoms with Gasteiger partial charge in [0.25, 0.3) is 0 Å². The first-order valence-corrected chi connectivity index (χ1v) is 4.79. The molecule has 0 heterocycles. The van der Waals surface area contributed by atoms with Crippen LogP contribution in [-0.4, -0.2) is 5.51 Å². The minimum Gasteiger partial charge on any atom is -0.475 e. The van der Waals surface area contributed by atoms with E-state index in [0.717, 1.165) is 0 Å². The van der Waals surface area contributed by atoms with Crippen molar-refractivity contribution in [2.24, 2.45) is 0 Å². The third kappa shape index (κ3) is 3.59. The lowest BCUT2D eigenvalue weighted by Crippen LogP contribution is -2.74. The molecule has 0 saturated carbocycles. The van der Waals surface area contributed by atoms with Crippen LogP contribution in [0.25, 0.3) is 0 Å². The van der Waals surface area contributed by atoms with Crippen LogP contribution in [0.3, 0.4) is 0 Å². The Morgan fingerprint density at radius 1 is 1.29 bits per heavy atom. The maximum atomic E-state index is 12.1. The van der Waals surface area contributed by atoms with Gasteiger partial charge >= 0.3 is 5.51 Å². The second-order valence-corrected chi connectivity index (χ2v) is 3.76. The minimum absolute atomic E-state index is 0.0805. The highest BCUT2D eigenvalue weighted by Crippen LogP contribution is 2.38. The summed E-state index contributed by atoms with van der Waals surface area (Å²) in [5.41, 5.74) is -3.57. The smallest absolute Gasteiger partial charge is 0.446 e. The first-order valence-electron chi connectivity index (χ1n) is 3.97. The molecular weight excluding hydrogens is 211 g/mol. The summed E-state index contributed by atoms with van der Waals surface area (Å²) in [5, 5.41) is 1.59. The molecule has 1 aromatic carbocycles. The second-order valence-electron chi connectivity index (χ2n) is 2.65. The highest BCUT2D eigenvalue weighted by molar-refractivity contribution is 8.00. The van der Waals surface area contributed by atoms with Gasteiger partial charge in [-0.05, 0) is 17.8 Å². The highest BCUT2D eigenvalue weighted by atomic mass is 32.2. The van der Waals surface area contributed by atoms with E-state index in [-0.39, 0.29) is 16.7 Å². The number of hydrogen-bond donors (Lipinski definition) is 1. The zero-order chi connectivity index (χ0) is 10.6. The van der Waals surface area contributed by atoms with Crippen molar-refractivity contribution in [3.8, 4) is 0 Å². The molecule has 1 aromatic rings. The lowest BCUT2D eigenvalue weighted by molar-refractivity contribution is -0.612. The normalized spacial score (nSPS) is 11.7. The number of hydrogen-bond acceptors (Lipinski definition) is 1. The standard InChI is InChI=1S/C9H10F3NS/c1-13-6-7-4-2-3-5-8(7)14-9(10,11)12/h2-5H,1,6,13H2. The van der Waals surface area contributed by atoms with E-state index in [1.165, 1.54) is 6.07 Å². The molecule has 14 heavy (non-hydrogen) atoms. The van der Waals surface area contributed by atoms with Crippen molar-refractivity contribution in [3.05, 3.63) is 36.9 Å². The van der Waals surface area contributed by atoms with E-state index < -0.39 is 5.51 Å². The van der Waals surface area contributed by atoms with Crippen LogP contribution in [0.5, 0.6) is 0 Å². The van der Waals surface area contributed by atoms with E-state index in [4.69, 9.17) is 0 Å². The van der Waals surface area contributed by atoms with Gasteiger partial charge in [0, 0.05) is 10.5 Å². The molecule has 0 aliphatic carbocycles. The van der Waals surface area contributed by atoms with E-state index in [1.807, 2.05) is 0 Å². The quantitative estimate of drug-likeness (QED) is 0.611. The van der Waals surface area contributed by atoms with Crippen molar-refractivity contribution in [2.45, 2.75) is 16.9 Å². The lowest BCUT2D eigenvalue weighted by Gasteiger charge is -2.10. The molecule has 0 radical (unpaired) electrons. The van der Waals surface area contributed by atoms with Crippen LogP contribution >= 0.6 is 11.8 Å². The van der Waals surface area contributed by atoms with Gasteiger partial charge in [-0.1, -0.05) is 18.2 Å². The molecule has 1 rings (SSSR count). The molecule has 1 nitrogen and oxygen atoms in total. The van der Waals surface area contributed by atoms with Crippen LogP contribution in [0.2, 0.25) is 0 Å². The first-order chi connectivity index (χ1) is 6.53. The maximum absolute atomic E-state index is 12.1. The molecule has 0 bridgehead atoms. The number of halogens is 3. The van der Waals surface area contributed by atoms with Gasteiger partial charge in [-0.15, -0.1) is 0 Å². The summed E-state index contributed by atoms with van der Waals surface area (Å²) in [7, 11) is 3.50. The zero-order valence-corrected chi connectivity index (χ0v) is 8.16. The number of thioether (sulfide) groups is 1. The van der Waals surface area contributed by atoms with Crippen molar-refractivity contribution in [3.63, 3.8) is 0 Å². The third-order valence-corrected chi connectivity index (χ3v) is 2.41. The number of alkyl halides is 3. The average Bonchev–Trinajstić information content (AvgIpc) is 2.06. The Labute approximate surface area is 84.7 Å². The van der Waals surface area contributed by atoms with Crippen LogP contribution in [0.15, 0.2) is 29.2 Å². The Balaban J connectivity index is 2.84. The average molecular weight is 221 g/mol. The molecule has 0 saturated heterocycles. The van der Waals surface area contributed by atoms with Crippen molar-refractivity contribution < 1.29 is 18.5 Å². The first kappa shape index (κ1) is 11.4. The monoisotopic (exact) mass is 221 g/mol. The van der Waals surface area contributed by atoms with E-state index in [0.29, 0.717) is 12.1 Å². The summed E-state index contributed by atoms with van der Waals surface area (Å²) in [4.78, 5) is 0.250. The van der Waals surface area contributed by atoms with Gasteiger partial charge in [-0.2, -0.15) is 20.2 Å². The third-order valence-electron chi connectivity index (χ3n) is 1.56. The van der Waals surface area contributed by atoms with Crippen LogP contribution < -0.4 is 5.32 Å². The Bertz CT molecular complexity index is 298. The van der Waals surface area contributed by atoms with Gasteiger partial charge in [-0.3, -0.25) is 0 Å². The lowest BCUT2D eigenvalue weighted by atomic mass is 10.2. The predicted molar refractivity (Wildman–Crippen MR) is 49.3 cm³/mol. The Hall–Kier alpha value is -0.680. The van der Waals surface area contributed by atoms with Crippen LogP contribution in [0, 0.1) is 7.05 Å². The Morgan fingerprint density at radius 3 is 2.50 bits per heavy atom. The van der Waals surface area contributed by atoms with E-state index in [2.05, 4.69) is 7.05 Å². The largest absolute Gasteiger partial charge is 0.475 e. The summed E-state index contributed by atoms with van der Waals surface area (Å²) in [6.45, 7) is 0.458. The second kappa shape index (κ2) is 4.70. The number of rotatable bonds is 3. The fourth-order valence-electron chi connectivity index (χ4n) is 1.05. The molecule has 0 atom stereocenters. The van der Waals surface area contributed by atoms with Crippen molar-refractivity contribution in [1.29, 1.82) is 0 Å². The van der Waals surface area contributed by atoms with Crippen molar-refractivity contribution >= 4 is 11.8 Å². The zero-order valence-electron chi connectivity index (χ0n) is 7.34. The SMILES string of the molecule is [CH2-][NH2+]Cc1ccccc1SC(F)(F)F. The fraction of sp³-hybridized carbons (Fsp3) is 0.222. The van der Waals surface area contributed by atoms with Gasteiger partial charge in [0.15, 0.2) is 0 Å². The molecule has 5 heteroatoms. The molecule has 0 amide bonds. The molecule has 0 aliphatic heterocycles. The van der Waals surface area contributed by atoms with Gasteiger partial charge in [-0.25, -0.2) is 0 Å². The summed E-state index contributed by atoms with van der Waals surface area (Å²) in [5.74, 6) is 0. The molecule has 0 unspecified atom stereocenters. The molecule has 2 N–H and O–H groups in total. The number of nitrogens with two attached hydrogens (primary N) is 1. The predicted octanol–water partition coefficient (Wildman–Crippen LogP) is 2.15. The van der Waals surface area contributed by atoms with Crippen LogP contribution in [0.4, 0.5) is 13.2 Å². The topological polar surface area (TPSA) is 16.6 Å². The number of quaternary nitrogens is 1. The summed E-state index contributed by atoms with van der Waals surface area (Å²) in [6, 6.07) is 6.46. The van der Waals surface area contributed by atoms with Crippen LogP contribution in [-0.2, 0) is 6.54 Å². The number of benzene rings is 1. The van der Waals surface area contributed by atoms with Gasteiger partial charge in [0.2, 0.25) is 0 Å². The highest BCUT2D eigenvalue weighted by Gasteiger charge is 2.30. The molecule has 0 spiro atoms. The van der Waals surface area contributed by atoms with E-state index in [9.17, 15) is 13.2 Å².